The molecular formula is C12H12F5N. The van der Waals surface area contributed by atoms with Crippen LogP contribution in [-0.2, 0) is 0 Å². The Morgan fingerprint density at radius 3 is 1.83 bits per heavy atom. The van der Waals surface area contributed by atoms with E-state index in [1.807, 2.05) is 6.92 Å². The normalized spacial score (nSPS) is 13.3. The molecule has 18 heavy (non-hydrogen) atoms. The summed E-state index contributed by atoms with van der Waals surface area (Å²) in [6.07, 6.45) is 2.20. The SMILES string of the molecule is CCNC(C)/C=C/c1c(F)c(F)c(F)c(F)c1F. The molecule has 1 rings (SSSR count). The Balaban J connectivity index is 3.18. The van der Waals surface area contributed by atoms with Crippen LogP contribution in [-0.4, -0.2) is 12.6 Å². The molecule has 1 N–H and O–H groups in total. The van der Waals surface area contributed by atoms with Gasteiger partial charge in [0.15, 0.2) is 23.3 Å². The Bertz CT molecular complexity index is 441. The van der Waals surface area contributed by atoms with Gasteiger partial charge in [-0.1, -0.05) is 19.1 Å². The summed E-state index contributed by atoms with van der Waals surface area (Å²) in [6.45, 7) is 4.12. The van der Waals surface area contributed by atoms with Crippen LogP contribution in [0.25, 0.3) is 6.08 Å². The van der Waals surface area contributed by atoms with Crippen LogP contribution in [0.3, 0.4) is 0 Å². The van der Waals surface area contributed by atoms with Crippen molar-refractivity contribution in [3.8, 4) is 0 Å². The molecule has 0 aromatic heterocycles. The quantitative estimate of drug-likeness (QED) is 0.500. The first kappa shape index (κ1) is 14.6. The third-order valence-electron chi connectivity index (χ3n) is 2.32. The number of benzene rings is 1. The highest BCUT2D eigenvalue weighted by atomic mass is 19.2. The predicted molar refractivity (Wildman–Crippen MR) is 58.4 cm³/mol. The monoisotopic (exact) mass is 265 g/mol. The summed E-state index contributed by atoms with van der Waals surface area (Å²) in [5.41, 5.74) is -0.934. The van der Waals surface area contributed by atoms with Crippen LogP contribution in [0.2, 0.25) is 0 Å². The molecule has 0 amide bonds. The summed E-state index contributed by atoms with van der Waals surface area (Å²) < 4.78 is 65.0. The average molecular weight is 265 g/mol. The van der Waals surface area contributed by atoms with E-state index in [9.17, 15) is 22.0 Å². The van der Waals surface area contributed by atoms with Crippen molar-refractivity contribution in [2.24, 2.45) is 0 Å². The fourth-order valence-electron chi connectivity index (χ4n) is 1.40. The molecule has 0 aliphatic rings. The standard InChI is InChI=1S/C12H12F5N/c1-3-18-6(2)4-5-7-8(13)10(15)12(17)11(16)9(7)14/h4-6,18H,3H2,1-2H3/b5-4+. The van der Waals surface area contributed by atoms with E-state index >= 15 is 0 Å². The van der Waals surface area contributed by atoms with E-state index in [0.29, 0.717) is 6.54 Å². The minimum absolute atomic E-state index is 0.245. The summed E-state index contributed by atoms with van der Waals surface area (Å²) in [5, 5.41) is 2.90. The molecule has 100 valence electrons. The smallest absolute Gasteiger partial charge is 0.200 e. The van der Waals surface area contributed by atoms with Gasteiger partial charge in [0.25, 0.3) is 0 Å². The molecule has 0 spiro atoms. The Morgan fingerprint density at radius 2 is 1.39 bits per heavy atom. The lowest BCUT2D eigenvalue weighted by molar-refractivity contribution is 0.377. The molecule has 0 fully saturated rings. The van der Waals surface area contributed by atoms with E-state index in [1.54, 1.807) is 6.92 Å². The Kier molecular flexibility index (Phi) is 4.84. The van der Waals surface area contributed by atoms with Gasteiger partial charge in [-0.15, -0.1) is 0 Å². The number of nitrogens with one attached hydrogen (secondary N) is 1. The maximum Gasteiger partial charge on any atom is 0.200 e. The average Bonchev–Trinajstić information content (AvgIpc) is 2.34. The van der Waals surface area contributed by atoms with Crippen molar-refractivity contribution >= 4 is 6.08 Å². The predicted octanol–water partition coefficient (Wildman–Crippen LogP) is 3.39. The molecule has 0 aliphatic carbocycles. The van der Waals surface area contributed by atoms with E-state index in [4.69, 9.17) is 0 Å². The van der Waals surface area contributed by atoms with E-state index in [0.717, 1.165) is 6.08 Å². The van der Waals surface area contributed by atoms with Gasteiger partial charge in [-0.3, -0.25) is 0 Å². The topological polar surface area (TPSA) is 12.0 Å². The van der Waals surface area contributed by atoms with E-state index in [1.165, 1.54) is 6.08 Å². The molecular weight excluding hydrogens is 253 g/mol. The van der Waals surface area contributed by atoms with Gasteiger partial charge in [-0.25, -0.2) is 22.0 Å². The molecule has 0 radical (unpaired) electrons. The highest BCUT2D eigenvalue weighted by molar-refractivity contribution is 5.52. The van der Waals surface area contributed by atoms with Crippen molar-refractivity contribution in [2.75, 3.05) is 6.54 Å². The van der Waals surface area contributed by atoms with Crippen LogP contribution in [0.1, 0.15) is 19.4 Å². The first-order valence-corrected chi connectivity index (χ1v) is 5.33. The number of rotatable bonds is 4. The van der Waals surface area contributed by atoms with E-state index < -0.39 is 34.6 Å². The van der Waals surface area contributed by atoms with Gasteiger partial charge in [0, 0.05) is 6.04 Å². The van der Waals surface area contributed by atoms with Gasteiger partial charge >= 0.3 is 0 Å². The van der Waals surface area contributed by atoms with Crippen LogP contribution < -0.4 is 5.32 Å². The molecule has 0 saturated carbocycles. The van der Waals surface area contributed by atoms with Crippen molar-refractivity contribution in [1.82, 2.24) is 5.32 Å². The number of likely N-dealkylation sites (N-methyl/N-ethyl adjacent to an activating group) is 1. The van der Waals surface area contributed by atoms with Crippen LogP contribution in [0.4, 0.5) is 22.0 Å². The number of hydrogen-bond donors (Lipinski definition) is 1. The largest absolute Gasteiger partial charge is 0.311 e. The molecule has 0 saturated heterocycles. The zero-order chi connectivity index (χ0) is 13.9. The first-order valence-electron chi connectivity index (χ1n) is 5.33. The van der Waals surface area contributed by atoms with Gasteiger partial charge in [0.1, 0.15) is 0 Å². The summed E-state index contributed by atoms with van der Waals surface area (Å²) in [4.78, 5) is 0. The molecule has 0 aliphatic heterocycles. The molecule has 1 aromatic carbocycles. The zero-order valence-corrected chi connectivity index (χ0v) is 9.83. The second kappa shape index (κ2) is 5.95. The van der Waals surface area contributed by atoms with Gasteiger partial charge in [-0.05, 0) is 13.5 Å². The summed E-state index contributed by atoms with van der Waals surface area (Å²) >= 11 is 0. The fourth-order valence-corrected chi connectivity index (χ4v) is 1.40. The third-order valence-corrected chi connectivity index (χ3v) is 2.32. The summed E-state index contributed by atoms with van der Waals surface area (Å²) in [7, 11) is 0. The second-order valence-electron chi connectivity index (χ2n) is 3.69. The Morgan fingerprint density at radius 1 is 0.944 bits per heavy atom. The molecule has 1 atom stereocenters. The van der Waals surface area contributed by atoms with Crippen LogP contribution in [0.5, 0.6) is 0 Å². The molecule has 0 bridgehead atoms. The molecule has 6 heteroatoms. The maximum absolute atomic E-state index is 13.2. The minimum Gasteiger partial charge on any atom is -0.311 e. The van der Waals surface area contributed by atoms with Crippen LogP contribution in [0.15, 0.2) is 6.08 Å². The van der Waals surface area contributed by atoms with Gasteiger partial charge in [-0.2, -0.15) is 0 Å². The minimum atomic E-state index is -2.15. The Hall–Kier alpha value is -1.43. The lowest BCUT2D eigenvalue weighted by Crippen LogP contribution is -2.23. The van der Waals surface area contributed by atoms with Crippen molar-refractivity contribution < 1.29 is 22.0 Å². The molecule has 1 aromatic rings. The highest BCUT2D eigenvalue weighted by Gasteiger charge is 2.24. The van der Waals surface area contributed by atoms with Crippen molar-refractivity contribution in [2.45, 2.75) is 19.9 Å². The zero-order valence-electron chi connectivity index (χ0n) is 9.83. The molecule has 1 nitrogen and oxygen atoms in total. The van der Waals surface area contributed by atoms with E-state index in [-0.39, 0.29) is 6.04 Å². The van der Waals surface area contributed by atoms with E-state index in [2.05, 4.69) is 5.32 Å². The van der Waals surface area contributed by atoms with Crippen molar-refractivity contribution in [3.63, 3.8) is 0 Å². The van der Waals surface area contributed by atoms with Gasteiger partial charge in [0.2, 0.25) is 5.82 Å². The third kappa shape index (κ3) is 2.87. The maximum atomic E-state index is 13.2. The highest BCUT2D eigenvalue weighted by Crippen LogP contribution is 2.23. The van der Waals surface area contributed by atoms with Crippen molar-refractivity contribution in [3.05, 3.63) is 40.7 Å². The molecule has 1 unspecified atom stereocenters. The second-order valence-corrected chi connectivity index (χ2v) is 3.69. The number of hydrogen-bond acceptors (Lipinski definition) is 1. The first-order chi connectivity index (χ1) is 8.40. The lowest BCUT2D eigenvalue weighted by atomic mass is 10.1. The summed E-state index contributed by atoms with van der Waals surface area (Å²) in [6, 6.07) is -0.245. The van der Waals surface area contributed by atoms with Crippen LogP contribution in [0, 0.1) is 29.1 Å². The Labute approximate surface area is 101 Å². The van der Waals surface area contributed by atoms with Crippen molar-refractivity contribution in [1.29, 1.82) is 0 Å². The summed E-state index contributed by atoms with van der Waals surface area (Å²) in [5.74, 6) is -9.69. The van der Waals surface area contributed by atoms with Gasteiger partial charge in [0.05, 0.1) is 5.56 Å². The van der Waals surface area contributed by atoms with Gasteiger partial charge < -0.3 is 5.32 Å². The number of halogens is 5. The molecule has 0 heterocycles. The lowest BCUT2D eigenvalue weighted by Gasteiger charge is -2.07. The van der Waals surface area contributed by atoms with Crippen LogP contribution >= 0.6 is 0 Å². The fraction of sp³-hybridized carbons (Fsp3) is 0.333.